The minimum absolute atomic E-state index is 0.250. The van der Waals surface area contributed by atoms with Crippen LogP contribution < -0.4 is 0 Å². The number of fused-ring (bicyclic) bond motifs is 2. The zero-order chi connectivity index (χ0) is 19.3. The van der Waals surface area contributed by atoms with E-state index in [9.17, 15) is 0 Å². The second-order valence-electron chi connectivity index (χ2n) is 7.30. The van der Waals surface area contributed by atoms with Gasteiger partial charge >= 0.3 is 131 Å². The number of hydrogen-bond donors (Lipinski definition) is 2. The molecule has 27 heavy (non-hydrogen) atoms. The average molecular weight is 529 g/mol. The molecule has 1 heterocycles. The first-order chi connectivity index (χ1) is 13.2. The number of rotatable bonds is 2. The third-order valence-corrected chi connectivity index (χ3v) is 24.1. The molecule has 2 nitrogen and oxygen atoms in total. The van der Waals surface area contributed by atoms with Gasteiger partial charge in [0.1, 0.15) is 0 Å². The van der Waals surface area contributed by atoms with E-state index < -0.39 is 20.0 Å². The molecule has 1 saturated heterocycles. The molecule has 0 bridgehead atoms. The molecule has 2 unspecified atom stereocenters. The maximum Gasteiger partial charge on any atom is 0.0402 e. The molecule has 0 saturated carbocycles. The average Bonchev–Trinajstić information content (AvgIpc) is 3.17. The van der Waals surface area contributed by atoms with Gasteiger partial charge in [0.15, 0.2) is 0 Å². The zero-order valence-corrected chi connectivity index (χ0v) is 19.9. The van der Waals surface area contributed by atoms with Crippen molar-refractivity contribution in [3.8, 4) is 0 Å². The number of allylic oxidation sites excluding steroid dienone is 2. The fraction of sp³-hybridized carbons (Fsp3) is 0.333. The Bertz CT molecular complexity index is 755. The van der Waals surface area contributed by atoms with Crippen LogP contribution in [0.15, 0.2) is 60.7 Å². The van der Waals surface area contributed by atoms with E-state index in [1.807, 2.05) is 0 Å². The Morgan fingerprint density at radius 2 is 1.11 bits per heavy atom. The van der Waals surface area contributed by atoms with Crippen molar-refractivity contribution in [3.63, 3.8) is 0 Å². The van der Waals surface area contributed by atoms with E-state index in [0.29, 0.717) is 0 Å². The van der Waals surface area contributed by atoms with E-state index in [2.05, 4.69) is 72.8 Å². The second-order valence-corrected chi connectivity index (χ2v) is 24.2. The molecule has 3 heteroatoms. The van der Waals surface area contributed by atoms with Gasteiger partial charge in [0, 0.05) is 13.2 Å². The van der Waals surface area contributed by atoms with Crippen LogP contribution in [-0.4, -0.2) is 23.4 Å². The van der Waals surface area contributed by atoms with Crippen LogP contribution in [0.25, 0.3) is 12.2 Å². The van der Waals surface area contributed by atoms with E-state index in [-0.39, 0.29) is 13.2 Å². The van der Waals surface area contributed by atoms with Crippen LogP contribution in [0.5, 0.6) is 0 Å². The van der Waals surface area contributed by atoms with Crippen LogP contribution in [0.4, 0.5) is 0 Å². The zero-order valence-electron chi connectivity index (χ0n) is 16.3. The van der Waals surface area contributed by atoms with Gasteiger partial charge in [-0.3, -0.25) is 0 Å². The molecule has 2 atom stereocenters. The van der Waals surface area contributed by atoms with Gasteiger partial charge in [0.05, 0.1) is 0 Å². The van der Waals surface area contributed by atoms with Crippen molar-refractivity contribution in [1.29, 1.82) is 0 Å². The first-order valence-electron chi connectivity index (χ1n) is 9.97. The molecule has 2 aromatic rings. The molecular weight excluding hydrogens is 499 g/mol. The smallest absolute Gasteiger partial charge is 0.0402 e. The van der Waals surface area contributed by atoms with E-state index in [1.165, 1.54) is 11.1 Å². The van der Waals surface area contributed by atoms with Gasteiger partial charge in [0.2, 0.25) is 0 Å². The van der Waals surface area contributed by atoms with Crippen molar-refractivity contribution in [3.05, 3.63) is 82.9 Å². The van der Waals surface area contributed by atoms with Gasteiger partial charge < -0.3 is 10.2 Å². The van der Waals surface area contributed by atoms with Crippen molar-refractivity contribution < 1.29 is 30.2 Å². The van der Waals surface area contributed by atoms with Crippen molar-refractivity contribution >= 4 is 12.2 Å². The fourth-order valence-electron chi connectivity index (χ4n) is 4.46. The SMILES string of the molecule is C1=C[CH]([Hf]2([CH]3C=Cc4ccccc43)[CH2][CH2]2)c2ccccc21.CCO.CCO. The van der Waals surface area contributed by atoms with Crippen molar-refractivity contribution in [2.75, 3.05) is 13.2 Å². The van der Waals surface area contributed by atoms with Crippen LogP contribution in [0.3, 0.4) is 0 Å². The molecule has 3 aliphatic rings. The Morgan fingerprint density at radius 1 is 0.741 bits per heavy atom. The maximum atomic E-state index is 7.57. The molecule has 0 amide bonds. The minimum atomic E-state index is -2.27. The fourth-order valence-corrected chi connectivity index (χ4v) is 29.6. The minimum Gasteiger partial charge on any atom is -0.397 e. The summed E-state index contributed by atoms with van der Waals surface area (Å²) in [7, 11) is 0. The molecule has 2 aliphatic carbocycles. The van der Waals surface area contributed by atoms with Crippen LogP contribution in [-0.2, 0) is 20.0 Å². The maximum absolute atomic E-state index is 7.57. The molecule has 5 rings (SSSR count). The third-order valence-electron chi connectivity index (χ3n) is 5.66. The number of hydrogen-bond acceptors (Lipinski definition) is 2. The van der Waals surface area contributed by atoms with Gasteiger partial charge in [-0.2, -0.15) is 0 Å². The summed E-state index contributed by atoms with van der Waals surface area (Å²) in [6.45, 7) is 3.86. The monoisotopic (exact) mass is 530 g/mol. The number of aliphatic hydroxyl groups is 2. The first-order valence-corrected chi connectivity index (χ1v) is 19.2. The summed E-state index contributed by atoms with van der Waals surface area (Å²) in [6.07, 6.45) is 9.86. The topological polar surface area (TPSA) is 40.5 Å². The van der Waals surface area contributed by atoms with E-state index >= 15 is 0 Å². The summed E-state index contributed by atoms with van der Waals surface area (Å²) in [5.74, 6) is 0. The quantitative estimate of drug-likeness (QED) is 0.504. The standard InChI is InChI=1S/2C9H7.2C2H6O.C2H4.Hf/c2*1-2-5-9-7-3-6-8(9)4-1;2*1-2-3;1-2;/h2*1-7H;2*3H,2H2,1H3;1-2H2;. The molecule has 1 aliphatic heterocycles. The number of aliphatic hydroxyl groups excluding tert-OH is 2. The van der Waals surface area contributed by atoms with Crippen molar-refractivity contribution in [2.24, 2.45) is 0 Å². The van der Waals surface area contributed by atoms with E-state index in [4.69, 9.17) is 10.2 Å². The molecule has 2 N–H and O–H groups in total. The van der Waals surface area contributed by atoms with Crippen LogP contribution in [0.1, 0.15) is 43.5 Å². The van der Waals surface area contributed by atoms with E-state index in [1.54, 1.807) is 33.3 Å². The van der Waals surface area contributed by atoms with Crippen molar-refractivity contribution in [1.82, 2.24) is 0 Å². The Balaban J connectivity index is 0.000000314. The Kier molecular flexibility index (Phi) is 7.02. The molecule has 1 fully saturated rings. The predicted octanol–water partition coefficient (Wildman–Crippen LogP) is 5.52. The third kappa shape index (κ3) is 4.11. The Morgan fingerprint density at radius 3 is 1.48 bits per heavy atom. The summed E-state index contributed by atoms with van der Waals surface area (Å²) < 4.78 is 4.77. The summed E-state index contributed by atoms with van der Waals surface area (Å²) in [5.41, 5.74) is 6.22. The summed E-state index contributed by atoms with van der Waals surface area (Å²) >= 11 is -2.27. The van der Waals surface area contributed by atoms with Crippen LogP contribution >= 0.6 is 0 Å². The molecule has 0 radical (unpaired) electrons. The normalized spacial score (nSPS) is 22.1. The predicted molar refractivity (Wildman–Crippen MR) is 112 cm³/mol. The number of benzene rings is 2. The molecule has 0 spiro atoms. The van der Waals surface area contributed by atoms with Crippen LogP contribution in [0.2, 0.25) is 8.35 Å². The van der Waals surface area contributed by atoms with Crippen molar-refractivity contribution in [2.45, 2.75) is 29.6 Å². The van der Waals surface area contributed by atoms with Gasteiger partial charge in [-0.05, 0) is 13.8 Å². The van der Waals surface area contributed by atoms with Gasteiger partial charge in [-0.1, -0.05) is 0 Å². The van der Waals surface area contributed by atoms with Gasteiger partial charge in [-0.25, -0.2) is 0 Å². The second kappa shape index (κ2) is 9.27. The largest absolute Gasteiger partial charge is 0.397 e. The summed E-state index contributed by atoms with van der Waals surface area (Å²) in [5, 5.41) is 15.1. The summed E-state index contributed by atoms with van der Waals surface area (Å²) in [6, 6.07) is 18.1. The van der Waals surface area contributed by atoms with Crippen LogP contribution in [0, 0.1) is 0 Å². The Hall–Kier alpha value is -1.29. The molecular formula is C24H30HfO2. The Labute approximate surface area is 167 Å². The van der Waals surface area contributed by atoms with Gasteiger partial charge in [0.25, 0.3) is 0 Å². The van der Waals surface area contributed by atoms with Gasteiger partial charge in [-0.15, -0.1) is 0 Å². The molecule has 0 aromatic heterocycles. The summed E-state index contributed by atoms with van der Waals surface area (Å²) in [4.78, 5) is 0. The molecule has 142 valence electrons. The first kappa shape index (κ1) is 20.4. The molecule has 2 aromatic carbocycles. The van der Waals surface area contributed by atoms with E-state index in [0.717, 1.165) is 7.35 Å².